The summed E-state index contributed by atoms with van der Waals surface area (Å²) in [6.45, 7) is 2.15. The maximum Gasteiger partial charge on any atom is 0.326 e. The number of hydrogen-bond donors (Lipinski definition) is 5. The number of rotatable bonds is 8. The van der Waals surface area contributed by atoms with Crippen molar-refractivity contribution >= 4 is 34.7 Å². The van der Waals surface area contributed by atoms with Crippen molar-refractivity contribution in [2.45, 2.75) is 32.4 Å². The molecule has 0 aliphatic carbocycles. The van der Waals surface area contributed by atoms with Gasteiger partial charge in [-0.2, -0.15) is 9.97 Å². The SMILES string of the molecule is CCC[C@H](NC(=O)c1ccc(NCc2cnc3nc(N)nc(O)c3n2)cc1)C(=O)O. The minimum atomic E-state index is -1.06. The lowest BCUT2D eigenvalue weighted by atomic mass is 10.1. The zero-order valence-electron chi connectivity index (χ0n) is 16.2. The van der Waals surface area contributed by atoms with Crippen LogP contribution in [0.25, 0.3) is 11.2 Å². The third kappa shape index (κ3) is 4.87. The largest absolute Gasteiger partial charge is 0.492 e. The van der Waals surface area contributed by atoms with Crippen molar-refractivity contribution in [3.8, 4) is 5.88 Å². The van der Waals surface area contributed by atoms with Crippen LogP contribution in [0.3, 0.4) is 0 Å². The van der Waals surface area contributed by atoms with Gasteiger partial charge in [-0.1, -0.05) is 13.3 Å². The van der Waals surface area contributed by atoms with E-state index in [1.54, 1.807) is 24.3 Å². The fourth-order valence-electron chi connectivity index (χ4n) is 2.75. The Balaban J connectivity index is 1.64. The molecule has 0 saturated carbocycles. The number of nitrogens with zero attached hydrogens (tertiary/aromatic N) is 4. The van der Waals surface area contributed by atoms with Gasteiger partial charge in [0.05, 0.1) is 18.4 Å². The first-order valence-corrected chi connectivity index (χ1v) is 9.23. The van der Waals surface area contributed by atoms with Gasteiger partial charge in [0.1, 0.15) is 6.04 Å². The number of benzene rings is 1. The second-order valence-corrected chi connectivity index (χ2v) is 6.52. The molecule has 30 heavy (non-hydrogen) atoms. The van der Waals surface area contributed by atoms with E-state index >= 15 is 0 Å². The van der Waals surface area contributed by atoms with E-state index < -0.39 is 17.9 Å². The van der Waals surface area contributed by atoms with Crippen LogP contribution in [0.1, 0.15) is 35.8 Å². The Morgan fingerprint density at radius 1 is 1.17 bits per heavy atom. The number of aromatic hydroxyl groups is 1. The van der Waals surface area contributed by atoms with Crippen LogP contribution >= 0.6 is 0 Å². The lowest BCUT2D eigenvalue weighted by molar-refractivity contribution is -0.139. The van der Waals surface area contributed by atoms with Crippen molar-refractivity contribution in [2.75, 3.05) is 11.1 Å². The fourth-order valence-corrected chi connectivity index (χ4v) is 2.75. The number of aromatic nitrogens is 4. The minimum Gasteiger partial charge on any atom is -0.492 e. The van der Waals surface area contributed by atoms with Crippen molar-refractivity contribution in [1.29, 1.82) is 0 Å². The molecule has 1 aromatic carbocycles. The van der Waals surface area contributed by atoms with Gasteiger partial charge in [-0.05, 0) is 30.7 Å². The average Bonchev–Trinajstić information content (AvgIpc) is 2.72. The summed E-state index contributed by atoms with van der Waals surface area (Å²) in [5.74, 6) is -1.93. The number of aliphatic carboxylic acids is 1. The molecular formula is C19H21N7O4. The highest BCUT2D eigenvalue weighted by molar-refractivity contribution is 5.96. The van der Waals surface area contributed by atoms with E-state index in [4.69, 9.17) is 10.8 Å². The highest BCUT2D eigenvalue weighted by Crippen LogP contribution is 2.19. The number of carbonyl (C=O) groups is 2. The zero-order valence-corrected chi connectivity index (χ0v) is 16.2. The highest BCUT2D eigenvalue weighted by atomic mass is 16.4. The molecule has 1 atom stereocenters. The Bertz CT molecular complexity index is 1070. The standard InChI is InChI=1S/C19H21N7O4/c1-2-3-13(18(29)30)24-16(27)10-4-6-11(7-5-10)21-8-12-9-22-15-14(23-12)17(28)26-19(20)25-15/h4-7,9,13,21H,2-3,8H2,1H3,(H,24,27)(H,29,30)(H3,20,22,25,26,28)/t13-/m0/s1. The predicted octanol–water partition coefficient (Wildman–Crippen LogP) is 1.30. The first kappa shape index (κ1) is 20.7. The van der Waals surface area contributed by atoms with E-state index in [9.17, 15) is 14.7 Å². The van der Waals surface area contributed by atoms with Crippen molar-refractivity contribution < 1.29 is 19.8 Å². The average molecular weight is 411 g/mol. The van der Waals surface area contributed by atoms with Gasteiger partial charge >= 0.3 is 5.97 Å². The summed E-state index contributed by atoms with van der Waals surface area (Å²) in [7, 11) is 0. The molecule has 0 bridgehead atoms. The van der Waals surface area contributed by atoms with Gasteiger partial charge in [-0.15, -0.1) is 0 Å². The topological polar surface area (TPSA) is 176 Å². The first-order valence-electron chi connectivity index (χ1n) is 9.23. The molecule has 11 nitrogen and oxygen atoms in total. The summed E-state index contributed by atoms with van der Waals surface area (Å²) >= 11 is 0. The smallest absolute Gasteiger partial charge is 0.326 e. The van der Waals surface area contributed by atoms with Crippen molar-refractivity contribution in [3.05, 3.63) is 41.7 Å². The first-order chi connectivity index (χ1) is 14.4. The molecule has 0 saturated heterocycles. The summed E-state index contributed by atoms with van der Waals surface area (Å²) in [4.78, 5) is 39.4. The van der Waals surface area contributed by atoms with Gasteiger partial charge in [0.25, 0.3) is 5.91 Å². The molecule has 0 unspecified atom stereocenters. The van der Waals surface area contributed by atoms with E-state index in [2.05, 4.69) is 30.6 Å². The fraction of sp³-hybridized carbons (Fsp3) is 0.263. The Morgan fingerprint density at radius 2 is 1.90 bits per heavy atom. The van der Waals surface area contributed by atoms with E-state index in [0.29, 0.717) is 30.6 Å². The number of nitrogens with one attached hydrogen (secondary N) is 2. The van der Waals surface area contributed by atoms with E-state index in [1.165, 1.54) is 6.20 Å². The molecule has 0 radical (unpaired) electrons. The highest BCUT2D eigenvalue weighted by Gasteiger charge is 2.19. The molecule has 1 amide bonds. The van der Waals surface area contributed by atoms with E-state index in [1.807, 2.05) is 6.92 Å². The molecule has 0 aliphatic rings. The summed E-state index contributed by atoms with van der Waals surface area (Å²) in [5.41, 5.74) is 7.42. The Hall–Kier alpha value is -4.02. The third-order valence-corrected chi connectivity index (χ3v) is 4.26. The van der Waals surface area contributed by atoms with Gasteiger partial charge in [0.15, 0.2) is 11.2 Å². The second kappa shape index (κ2) is 8.99. The molecule has 6 N–H and O–H groups in total. The summed E-state index contributed by atoms with van der Waals surface area (Å²) in [6, 6.07) is 5.66. The van der Waals surface area contributed by atoms with Crippen LogP contribution in [0.5, 0.6) is 5.88 Å². The monoisotopic (exact) mass is 411 g/mol. The summed E-state index contributed by atoms with van der Waals surface area (Å²) < 4.78 is 0. The number of carbonyl (C=O) groups excluding carboxylic acids is 1. The maximum atomic E-state index is 12.2. The number of nitrogen functional groups attached to an aromatic ring is 1. The van der Waals surface area contributed by atoms with Crippen LogP contribution in [0.2, 0.25) is 0 Å². The molecular weight excluding hydrogens is 390 g/mol. The predicted molar refractivity (Wildman–Crippen MR) is 109 cm³/mol. The normalized spacial score (nSPS) is 11.8. The second-order valence-electron chi connectivity index (χ2n) is 6.52. The van der Waals surface area contributed by atoms with Gasteiger partial charge in [-0.25, -0.2) is 14.8 Å². The molecule has 11 heteroatoms. The number of hydrogen-bond acceptors (Lipinski definition) is 9. The van der Waals surface area contributed by atoms with Crippen LogP contribution in [-0.2, 0) is 11.3 Å². The molecule has 156 valence electrons. The lowest BCUT2D eigenvalue weighted by Crippen LogP contribution is -2.40. The number of anilines is 2. The molecule has 3 aromatic rings. The molecule has 2 heterocycles. The Morgan fingerprint density at radius 3 is 2.57 bits per heavy atom. The van der Waals surface area contributed by atoms with Crippen molar-refractivity contribution in [3.63, 3.8) is 0 Å². The summed E-state index contributed by atoms with van der Waals surface area (Å²) in [5, 5.41) is 24.6. The lowest BCUT2D eigenvalue weighted by Gasteiger charge is -2.14. The number of nitrogens with two attached hydrogens (primary N) is 1. The molecule has 2 aromatic heterocycles. The van der Waals surface area contributed by atoms with Gasteiger partial charge in [0.2, 0.25) is 11.8 Å². The van der Waals surface area contributed by atoms with Crippen LogP contribution < -0.4 is 16.4 Å². The minimum absolute atomic E-state index is 0.0892. The number of fused-ring (bicyclic) bond motifs is 1. The summed E-state index contributed by atoms with van der Waals surface area (Å²) in [6.07, 6.45) is 2.51. The van der Waals surface area contributed by atoms with Crippen molar-refractivity contribution in [2.24, 2.45) is 0 Å². The Labute approximate surface area is 171 Å². The molecule has 0 spiro atoms. The molecule has 0 aliphatic heterocycles. The Kier molecular flexibility index (Phi) is 6.20. The quantitative estimate of drug-likeness (QED) is 0.363. The number of amides is 1. The van der Waals surface area contributed by atoms with Gasteiger partial charge in [0, 0.05) is 11.3 Å². The van der Waals surface area contributed by atoms with Crippen LogP contribution in [-0.4, -0.2) is 48.1 Å². The maximum absolute atomic E-state index is 12.2. The van der Waals surface area contributed by atoms with Gasteiger partial charge in [-0.3, -0.25) is 4.79 Å². The van der Waals surface area contributed by atoms with Crippen LogP contribution in [0, 0.1) is 0 Å². The molecule has 0 fully saturated rings. The third-order valence-electron chi connectivity index (χ3n) is 4.26. The van der Waals surface area contributed by atoms with Crippen LogP contribution in [0.4, 0.5) is 11.6 Å². The van der Waals surface area contributed by atoms with Crippen molar-refractivity contribution in [1.82, 2.24) is 25.3 Å². The number of carboxylic acids is 1. The van der Waals surface area contributed by atoms with E-state index in [0.717, 1.165) is 5.69 Å². The van der Waals surface area contributed by atoms with E-state index in [-0.39, 0.29) is 23.0 Å². The van der Waals surface area contributed by atoms with Crippen LogP contribution in [0.15, 0.2) is 30.5 Å². The van der Waals surface area contributed by atoms with Gasteiger partial charge < -0.3 is 26.6 Å². The zero-order chi connectivity index (χ0) is 21.7. The molecule has 3 rings (SSSR count). The number of carboxylic acid groups (broad SMARTS) is 1.